The van der Waals surface area contributed by atoms with Crippen LogP contribution >= 0.6 is 0 Å². The molecule has 0 spiro atoms. The van der Waals surface area contributed by atoms with Crippen molar-refractivity contribution in [2.24, 2.45) is 0 Å². The Bertz CT molecular complexity index is 206. The first kappa shape index (κ1) is 5.83. The van der Waals surface area contributed by atoms with Gasteiger partial charge in [0.15, 0.2) is 0 Å². The van der Waals surface area contributed by atoms with E-state index in [1.165, 1.54) is 0 Å². The van der Waals surface area contributed by atoms with E-state index in [1.807, 2.05) is 19.9 Å². The molecule has 0 saturated heterocycles. The normalized spacial score (nSPS) is 33.8. The van der Waals surface area contributed by atoms with E-state index in [0.717, 1.165) is 11.3 Å². The lowest BCUT2D eigenvalue weighted by atomic mass is 10.3. The molecule has 56 valence electrons. The largest absolute Gasteiger partial charge is 0.497 e. The third kappa shape index (κ3) is 2.13. The molecule has 0 bridgehead atoms. The molecule has 10 heavy (non-hydrogen) atoms. The zero-order valence-corrected chi connectivity index (χ0v) is 6.31. The summed E-state index contributed by atoms with van der Waals surface area (Å²) in [5.41, 5.74) is 0.808. The maximum atomic E-state index is 7.36. The fraction of sp³-hybridized carbons (Fsp3) is 0.500. The predicted molar refractivity (Wildman–Crippen MR) is 39.4 cm³/mol. The Morgan fingerprint density at radius 2 is 2.30 bits per heavy atom. The Morgan fingerprint density at radius 1 is 1.50 bits per heavy atom. The number of hydrogen-bond acceptors (Lipinski definition) is 2. The van der Waals surface area contributed by atoms with Gasteiger partial charge in [-0.3, -0.25) is 0 Å². The molecular weight excluding hydrogens is 128 g/mol. The van der Waals surface area contributed by atoms with Gasteiger partial charge in [0.1, 0.15) is 14.6 Å². The molecule has 0 fully saturated rings. The Morgan fingerprint density at radius 3 is 3.10 bits per heavy atom. The molecule has 1 heterocycles. The van der Waals surface area contributed by atoms with Crippen LogP contribution in [-0.4, -0.2) is 13.2 Å². The Kier molecular flexibility index (Phi) is 1.92. The van der Waals surface area contributed by atoms with Gasteiger partial charge in [-0.1, -0.05) is 0 Å². The van der Waals surface area contributed by atoms with Gasteiger partial charge in [-0.25, -0.2) is 0 Å². The predicted octanol–water partition coefficient (Wildman–Crippen LogP) is 1.84. The van der Waals surface area contributed by atoms with E-state index in [4.69, 9.17) is 10.8 Å². The highest BCUT2D eigenvalue weighted by atomic mass is 16.5. The first-order valence-corrected chi connectivity index (χ1v) is 3.31. The summed E-state index contributed by atoms with van der Waals surface area (Å²) in [5.74, 6) is 0.843. The second-order valence-corrected chi connectivity index (χ2v) is 2.24. The monoisotopic (exact) mass is 141 g/mol. The van der Waals surface area contributed by atoms with Gasteiger partial charge < -0.3 is 9.47 Å². The van der Waals surface area contributed by atoms with Crippen molar-refractivity contribution in [2.45, 2.75) is 13.8 Å². The third-order valence-electron chi connectivity index (χ3n) is 1.17. The summed E-state index contributed by atoms with van der Waals surface area (Å²) in [6.45, 7) is 4.70. The van der Waals surface area contributed by atoms with Gasteiger partial charge in [-0.15, -0.1) is 0 Å². The number of rotatable bonds is 0. The van der Waals surface area contributed by atoms with Crippen molar-refractivity contribution in [3.63, 3.8) is 0 Å². The average molecular weight is 141 g/mol. The molecule has 1 aliphatic rings. The van der Waals surface area contributed by atoms with Crippen molar-refractivity contribution in [3.05, 3.63) is 23.6 Å². The summed E-state index contributed by atoms with van der Waals surface area (Å²) in [7, 11) is 0. The summed E-state index contributed by atoms with van der Waals surface area (Å²) < 4.78 is 17.6. The maximum absolute atomic E-state index is 7.36. The molecule has 0 aromatic rings. The lowest BCUT2D eigenvalue weighted by molar-refractivity contribution is 0.128. The van der Waals surface area contributed by atoms with Crippen LogP contribution in [0.3, 0.4) is 0 Å². The molecule has 0 aliphatic carbocycles. The van der Waals surface area contributed by atoms with E-state index in [2.05, 4.69) is 0 Å². The van der Waals surface area contributed by atoms with Crippen molar-refractivity contribution in [2.75, 3.05) is 13.2 Å². The van der Waals surface area contributed by atoms with Gasteiger partial charge in [0.25, 0.3) is 0 Å². The van der Waals surface area contributed by atoms with Gasteiger partial charge in [0, 0.05) is 0 Å². The van der Waals surface area contributed by atoms with Crippen molar-refractivity contribution in [3.8, 4) is 0 Å². The van der Waals surface area contributed by atoms with E-state index in [9.17, 15) is 0 Å². The molecule has 0 atom stereocenters. The molecule has 2 nitrogen and oxygen atoms in total. The quantitative estimate of drug-likeness (QED) is 0.512. The van der Waals surface area contributed by atoms with E-state index in [0.29, 0.717) is 13.2 Å². The molecule has 0 N–H and O–H groups in total. The van der Waals surface area contributed by atoms with Gasteiger partial charge >= 0.3 is 0 Å². The number of allylic oxidation sites excluding steroid dienone is 3. The lowest BCUT2D eigenvalue weighted by Crippen LogP contribution is -2.02. The van der Waals surface area contributed by atoms with Crippen LogP contribution in [0.5, 0.6) is 0 Å². The van der Waals surface area contributed by atoms with Crippen LogP contribution in [0.15, 0.2) is 23.6 Å². The summed E-state index contributed by atoms with van der Waals surface area (Å²) in [4.78, 5) is 0. The Balaban J connectivity index is 2.80. The van der Waals surface area contributed by atoms with Gasteiger partial charge in [-0.2, -0.15) is 0 Å². The van der Waals surface area contributed by atoms with Crippen molar-refractivity contribution >= 4 is 0 Å². The van der Waals surface area contributed by atoms with Gasteiger partial charge in [0.2, 0.25) is 0 Å². The summed E-state index contributed by atoms with van der Waals surface area (Å²) in [6, 6.07) is 0. The summed E-state index contributed by atoms with van der Waals surface area (Å²) in [5, 5.41) is 0. The van der Waals surface area contributed by atoms with Crippen LogP contribution in [0.2, 0.25) is 0 Å². The molecule has 0 aromatic heterocycles. The summed E-state index contributed by atoms with van der Waals surface area (Å²) in [6.07, 6.45) is 2.05. The molecule has 0 saturated carbocycles. The highest BCUT2D eigenvalue weighted by Gasteiger charge is 1.95. The standard InChI is InChI=1S/C8H12O2/c1-7-5-8(2)10-4-3-9-6-7/h5-6H,3-4H2,1-2H3/b7-6-,8-5-/i6D. The highest BCUT2D eigenvalue weighted by molar-refractivity contribution is 5.16. The molecule has 0 radical (unpaired) electrons. The number of ether oxygens (including phenoxy) is 2. The second kappa shape index (κ2) is 3.30. The molecule has 0 aromatic carbocycles. The van der Waals surface area contributed by atoms with Crippen molar-refractivity contribution < 1.29 is 10.8 Å². The number of hydrogen-bond donors (Lipinski definition) is 0. The van der Waals surface area contributed by atoms with Crippen LogP contribution in [0.1, 0.15) is 15.2 Å². The zero-order chi connectivity index (χ0) is 8.27. The minimum Gasteiger partial charge on any atom is -0.497 e. The first-order valence-electron chi connectivity index (χ1n) is 3.81. The fourth-order valence-corrected chi connectivity index (χ4v) is 0.785. The molecular formula is C8H12O2. The summed E-state index contributed by atoms with van der Waals surface area (Å²) >= 11 is 0. The van der Waals surface area contributed by atoms with Crippen molar-refractivity contribution in [1.82, 2.24) is 0 Å². The fourth-order valence-electron chi connectivity index (χ4n) is 0.785. The molecule has 1 aliphatic heterocycles. The highest BCUT2D eigenvalue weighted by Crippen LogP contribution is 2.05. The SMILES string of the molecule is [2H]/C1=C(C)/C=C(/C)OCCO1. The molecule has 1 rings (SSSR count). The third-order valence-corrected chi connectivity index (χ3v) is 1.17. The lowest BCUT2D eigenvalue weighted by Gasteiger charge is -2.09. The van der Waals surface area contributed by atoms with Crippen LogP contribution in [0.4, 0.5) is 0 Å². The molecule has 0 unspecified atom stereocenters. The second-order valence-electron chi connectivity index (χ2n) is 2.24. The van der Waals surface area contributed by atoms with Crippen LogP contribution in [0.25, 0.3) is 0 Å². The Labute approximate surface area is 62.5 Å². The maximum Gasteiger partial charge on any atom is 0.122 e. The molecule has 2 heteroatoms. The van der Waals surface area contributed by atoms with Gasteiger partial charge in [-0.05, 0) is 25.5 Å². The zero-order valence-electron chi connectivity index (χ0n) is 7.31. The minimum atomic E-state index is 0.243. The minimum absolute atomic E-state index is 0.243. The van der Waals surface area contributed by atoms with Crippen molar-refractivity contribution in [1.29, 1.82) is 0 Å². The van der Waals surface area contributed by atoms with Crippen LogP contribution < -0.4 is 0 Å². The van der Waals surface area contributed by atoms with E-state index < -0.39 is 0 Å². The topological polar surface area (TPSA) is 18.5 Å². The van der Waals surface area contributed by atoms with Crippen LogP contribution in [0, 0.1) is 0 Å². The first-order chi connectivity index (χ1) is 5.20. The van der Waals surface area contributed by atoms with E-state index in [1.54, 1.807) is 0 Å². The smallest absolute Gasteiger partial charge is 0.122 e. The molecule has 0 amide bonds. The van der Waals surface area contributed by atoms with E-state index >= 15 is 0 Å². The Hall–Kier alpha value is -0.920. The van der Waals surface area contributed by atoms with Crippen LogP contribution in [-0.2, 0) is 9.47 Å². The van der Waals surface area contributed by atoms with E-state index in [-0.39, 0.29) is 6.24 Å². The van der Waals surface area contributed by atoms with Gasteiger partial charge in [0.05, 0.1) is 12.0 Å². The average Bonchev–Trinajstić information content (AvgIpc) is 1.95.